The lowest BCUT2D eigenvalue weighted by Crippen LogP contribution is -2.31. The van der Waals surface area contributed by atoms with Crippen LogP contribution in [0.5, 0.6) is 0 Å². The van der Waals surface area contributed by atoms with Crippen LogP contribution in [0.25, 0.3) is 0 Å². The van der Waals surface area contributed by atoms with Crippen LogP contribution in [0.15, 0.2) is 22.7 Å². The standard InChI is InChI=1S/C13H18BrFN2/c1-9(2)17-6-5-11(8-17)16-10-3-4-13(15)12(14)7-10/h3-4,7,9,11,16H,5-6,8H2,1-2H3. The molecule has 1 N–H and O–H groups in total. The minimum absolute atomic E-state index is 0.217. The van der Waals surface area contributed by atoms with Crippen LogP contribution in [0, 0.1) is 5.82 Å². The van der Waals surface area contributed by atoms with Crippen molar-refractivity contribution in [2.75, 3.05) is 18.4 Å². The smallest absolute Gasteiger partial charge is 0.137 e. The van der Waals surface area contributed by atoms with Crippen molar-refractivity contribution in [2.24, 2.45) is 0 Å². The van der Waals surface area contributed by atoms with Gasteiger partial charge < -0.3 is 5.32 Å². The number of hydrogen-bond donors (Lipinski definition) is 1. The third kappa shape index (κ3) is 3.19. The Labute approximate surface area is 110 Å². The summed E-state index contributed by atoms with van der Waals surface area (Å²) in [5.74, 6) is -0.217. The quantitative estimate of drug-likeness (QED) is 0.919. The van der Waals surface area contributed by atoms with Gasteiger partial charge in [0.1, 0.15) is 5.82 Å². The van der Waals surface area contributed by atoms with Crippen LogP contribution < -0.4 is 5.32 Å². The van der Waals surface area contributed by atoms with Gasteiger partial charge in [0.15, 0.2) is 0 Å². The Kier molecular flexibility index (Phi) is 4.05. The molecule has 1 unspecified atom stereocenters. The molecule has 1 atom stereocenters. The summed E-state index contributed by atoms with van der Waals surface area (Å²) in [5.41, 5.74) is 0.980. The van der Waals surface area contributed by atoms with Crippen molar-refractivity contribution < 1.29 is 4.39 Å². The molecule has 1 aromatic carbocycles. The molecule has 1 aliphatic rings. The van der Waals surface area contributed by atoms with E-state index in [2.05, 4.69) is 40.0 Å². The van der Waals surface area contributed by atoms with Crippen molar-refractivity contribution in [1.82, 2.24) is 4.90 Å². The number of likely N-dealkylation sites (tertiary alicyclic amines) is 1. The number of nitrogens with one attached hydrogen (secondary N) is 1. The molecule has 1 saturated heterocycles. The van der Waals surface area contributed by atoms with Crippen LogP contribution >= 0.6 is 15.9 Å². The summed E-state index contributed by atoms with van der Waals surface area (Å²) in [6.45, 7) is 6.64. The first kappa shape index (κ1) is 12.8. The first-order valence-electron chi connectivity index (χ1n) is 6.02. The molecule has 0 amide bonds. The average molecular weight is 301 g/mol. The second-order valence-corrected chi connectivity index (χ2v) is 5.70. The van der Waals surface area contributed by atoms with Gasteiger partial charge in [-0.2, -0.15) is 0 Å². The predicted molar refractivity (Wildman–Crippen MR) is 72.8 cm³/mol. The number of rotatable bonds is 3. The summed E-state index contributed by atoms with van der Waals surface area (Å²) in [6, 6.07) is 6.14. The highest BCUT2D eigenvalue weighted by Gasteiger charge is 2.23. The molecular formula is C13H18BrFN2. The van der Waals surface area contributed by atoms with Gasteiger partial charge in [0.2, 0.25) is 0 Å². The second kappa shape index (κ2) is 5.36. The van der Waals surface area contributed by atoms with E-state index in [0.717, 1.165) is 25.2 Å². The molecule has 2 rings (SSSR count). The molecule has 1 fully saturated rings. The van der Waals surface area contributed by atoms with Crippen molar-refractivity contribution in [1.29, 1.82) is 0 Å². The maximum atomic E-state index is 13.1. The minimum Gasteiger partial charge on any atom is -0.381 e. The van der Waals surface area contributed by atoms with Gasteiger partial charge in [-0.05, 0) is 54.4 Å². The fourth-order valence-corrected chi connectivity index (χ4v) is 2.57. The Morgan fingerprint density at radius 3 is 2.82 bits per heavy atom. The topological polar surface area (TPSA) is 15.3 Å². The van der Waals surface area contributed by atoms with Crippen LogP contribution in [0.1, 0.15) is 20.3 Å². The lowest BCUT2D eigenvalue weighted by Gasteiger charge is -2.21. The van der Waals surface area contributed by atoms with Gasteiger partial charge in [0.05, 0.1) is 4.47 Å². The van der Waals surface area contributed by atoms with Crippen molar-refractivity contribution in [3.8, 4) is 0 Å². The molecule has 4 heteroatoms. The highest BCUT2D eigenvalue weighted by molar-refractivity contribution is 9.10. The maximum Gasteiger partial charge on any atom is 0.137 e. The zero-order valence-electron chi connectivity index (χ0n) is 10.2. The molecule has 17 heavy (non-hydrogen) atoms. The molecule has 1 aromatic rings. The number of nitrogens with zero attached hydrogens (tertiary/aromatic N) is 1. The Morgan fingerprint density at radius 1 is 1.47 bits per heavy atom. The summed E-state index contributed by atoms with van der Waals surface area (Å²) < 4.78 is 13.6. The van der Waals surface area contributed by atoms with E-state index in [9.17, 15) is 4.39 Å². The largest absolute Gasteiger partial charge is 0.381 e. The van der Waals surface area contributed by atoms with E-state index in [1.165, 1.54) is 6.07 Å². The molecule has 0 radical (unpaired) electrons. The van der Waals surface area contributed by atoms with E-state index in [1.54, 1.807) is 12.1 Å². The van der Waals surface area contributed by atoms with Gasteiger partial charge >= 0.3 is 0 Å². The van der Waals surface area contributed by atoms with E-state index in [-0.39, 0.29) is 5.82 Å². The summed E-state index contributed by atoms with van der Waals surface area (Å²) in [5, 5.41) is 3.46. The highest BCUT2D eigenvalue weighted by atomic mass is 79.9. The van der Waals surface area contributed by atoms with Crippen LogP contribution in [-0.4, -0.2) is 30.1 Å². The van der Waals surface area contributed by atoms with Gasteiger partial charge in [-0.1, -0.05) is 0 Å². The lowest BCUT2D eigenvalue weighted by atomic mass is 10.2. The van der Waals surface area contributed by atoms with Gasteiger partial charge in [-0.25, -0.2) is 4.39 Å². The van der Waals surface area contributed by atoms with Crippen molar-refractivity contribution >= 4 is 21.6 Å². The average Bonchev–Trinajstić information content (AvgIpc) is 2.72. The number of anilines is 1. The Bertz CT molecular complexity index is 395. The van der Waals surface area contributed by atoms with Gasteiger partial charge in [0, 0.05) is 30.9 Å². The molecule has 0 spiro atoms. The SMILES string of the molecule is CC(C)N1CCC(Nc2ccc(F)c(Br)c2)C1. The number of halogens is 2. The van der Waals surface area contributed by atoms with Gasteiger partial charge in [-0.15, -0.1) is 0 Å². The molecular weight excluding hydrogens is 283 g/mol. The maximum absolute atomic E-state index is 13.1. The van der Waals surface area contributed by atoms with E-state index in [4.69, 9.17) is 0 Å². The zero-order chi connectivity index (χ0) is 12.4. The fraction of sp³-hybridized carbons (Fsp3) is 0.538. The van der Waals surface area contributed by atoms with E-state index in [0.29, 0.717) is 16.6 Å². The normalized spacial score (nSPS) is 21.1. The summed E-state index contributed by atoms with van der Waals surface area (Å²) in [7, 11) is 0. The second-order valence-electron chi connectivity index (χ2n) is 4.85. The first-order valence-corrected chi connectivity index (χ1v) is 6.81. The third-order valence-corrected chi connectivity index (χ3v) is 3.85. The number of benzene rings is 1. The molecule has 0 bridgehead atoms. The summed E-state index contributed by atoms with van der Waals surface area (Å²) in [6.07, 6.45) is 1.15. The number of hydrogen-bond acceptors (Lipinski definition) is 2. The summed E-state index contributed by atoms with van der Waals surface area (Å²) >= 11 is 3.21. The third-order valence-electron chi connectivity index (χ3n) is 3.24. The molecule has 0 aromatic heterocycles. The summed E-state index contributed by atoms with van der Waals surface area (Å²) in [4.78, 5) is 2.45. The van der Waals surface area contributed by atoms with Crippen LogP contribution in [0.4, 0.5) is 10.1 Å². The molecule has 1 heterocycles. The Balaban J connectivity index is 1.96. The van der Waals surface area contributed by atoms with Gasteiger partial charge in [0.25, 0.3) is 0 Å². The highest BCUT2D eigenvalue weighted by Crippen LogP contribution is 2.22. The molecule has 0 saturated carbocycles. The first-order chi connectivity index (χ1) is 8.06. The van der Waals surface area contributed by atoms with Crippen molar-refractivity contribution in [3.63, 3.8) is 0 Å². The molecule has 94 valence electrons. The van der Waals surface area contributed by atoms with E-state index >= 15 is 0 Å². The molecule has 2 nitrogen and oxygen atoms in total. The molecule has 0 aliphatic carbocycles. The Morgan fingerprint density at radius 2 is 2.24 bits per heavy atom. The van der Waals surface area contributed by atoms with Crippen molar-refractivity contribution in [3.05, 3.63) is 28.5 Å². The lowest BCUT2D eigenvalue weighted by molar-refractivity contribution is 0.274. The van der Waals surface area contributed by atoms with Crippen LogP contribution in [0.2, 0.25) is 0 Å². The van der Waals surface area contributed by atoms with Crippen molar-refractivity contribution in [2.45, 2.75) is 32.4 Å². The van der Waals surface area contributed by atoms with E-state index in [1.807, 2.05) is 0 Å². The Hall–Kier alpha value is -0.610. The fourth-order valence-electron chi connectivity index (χ4n) is 2.20. The van der Waals surface area contributed by atoms with Crippen LogP contribution in [0.3, 0.4) is 0 Å². The zero-order valence-corrected chi connectivity index (χ0v) is 11.8. The minimum atomic E-state index is -0.217. The molecule has 1 aliphatic heterocycles. The van der Waals surface area contributed by atoms with Crippen LogP contribution in [-0.2, 0) is 0 Å². The predicted octanol–water partition coefficient (Wildman–Crippen LogP) is 3.48. The van der Waals surface area contributed by atoms with E-state index < -0.39 is 0 Å². The van der Waals surface area contributed by atoms with Gasteiger partial charge in [-0.3, -0.25) is 4.90 Å². The monoisotopic (exact) mass is 300 g/mol.